The van der Waals surface area contributed by atoms with Gasteiger partial charge in [0.05, 0.1) is 0 Å². The molecule has 124 valence electrons. The Hall–Kier alpha value is -1.88. The lowest BCUT2D eigenvalue weighted by Crippen LogP contribution is -2.39. The summed E-state index contributed by atoms with van der Waals surface area (Å²) in [4.78, 5) is 26.2. The predicted octanol–water partition coefficient (Wildman–Crippen LogP) is 2.66. The minimum atomic E-state index is -0.496. The number of nitrogens with one attached hydrogen (secondary N) is 1. The van der Waals surface area contributed by atoms with Crippen molar-refractivity contribution in [2.75, 3.05) is 6.54 Å². The number of amides is 2. The normalized spacial score (nSPS) is 18.9. The summed E-state index contributed by atoms with van der Waals surface area (Å²) in [7, 11) is 0. The van der Waals surface area contributed by atoms with Crippen molar-refractivity contribution in [2.45, 2.75) is 51.5 Å². The molecule has 0 aromatic heterocycles. The van der Waals surface area contributed by atoms with Gasteiger partial charge in [-0.15, -0.1) is 0 Å². The molecule has 0 radical (unpaired) electrons. The average Bonchev–Trinajstić information content (AvgIpc) is 2.88. The van der Waals surface area contributed by atoms with Crippen LogP contribution in [0.1, 0.15) is 60.0 Å². The maximum atomic E-state index is 12.8. The van der Waals surface area contributed by atoms with Gasteiger partial charge in [-0.1, -0.05) is 31.7 Å². The van der Waals surface area contributed by atoms with E-state index in [4.69, 9.17) is 5.21 Å². The Morgan fingerprint density at radius 1 is 1.09 bits per heavy atom. The molecule has 1 saturated carbocycles. The van der Waals surface area contributed by atoms with Crippen LogP contribution in [0.15, 0.2) is 18.2 Å². The topological polar surface area (TPSA) is 69.6 Å². The molecule has 0 bridgehead atoms. The van der Waals surface area contributed by atoms with Crippen molar-refractivity contribution in [3.8, 4) is 0 Å². The number of nitrogens with zero attached hydrogens (tertiary/aromatic N) is 1. The van der Waals surface area contributed by atoms with E-state index in [-0.39, 0.29) is 5.92 Å². The van der Waals surface area contributed by atoms with Gasteiger partial charge in [0.25, 0.3) is 5.91 Å². The zero-order valence-corrected chi connectivity index (χ0v) is 13.4. The van der Waals surface area contributed by atoms with Crippen molar-refractivity contribution in [1.29, 1.82) is 0 Å². The van der Waals surface area contributed by atoms with Gasteiger partial charge in [-0.3, -0.25) is 14.8 Å². The summed E-state index contributed by atoms with van der Waals surface area (Å²) in [5.41, 5.74) is 4.31. The summed E-state index contributed by atoms with van der Waals surface area (Å²) in [6.45, 7) is 1.35. The number of benzene rings is 1. The summed E-state index contributed by atoms with van der Waals surface area (Å²) >= 11 is 0. The molecule has 3 rings (SSSR count). The lowest BCUT2D eigenvalue weighted by Gasteiger charge is -2.32. The molecule has 2 N–H and O–H groups in total. The summed E-state index contributed by atoms with van der Waals surface area (Å²) in [6.07, 6.45) is 7.65. The standard InChI is InChI=1S/C18H24N2O3/c21-17(19-23)15-7-8-16-12-20(10-9-14(16)11-15)18(22)13-5-3-1-2-4-6-13/h7-8,11,13,23H,1-6,9-10,12H2,(H,19,21). The van der Waals surface area contributed by atoms with Crippen LogP contribution in [0.2, 0.25) is 0 Å². The van der Waals surface area contributed by atoms with E-state index in [0.29, 0.717) is 24.6 Å². The van der Waals surface area contributed by atoms with Gasteiger partial charge in [-0.25, -0.2) is 5.48 Å². The highest BCUT2D eigenvalue weighted by Crippen LogP contribution is 2.27. The van der Waals surface area contributed by atoms with Crippen molar-refractivity contribution >= 4 is 11.8 Å². The van der Waals surface area contributed by atoms with E-state index in [9.17, 15) is 9.59 Å². The van der Waals surface area contributed by atoms with E-state index in [1.807, 2.05) is 17.0 Å². The Kier molecular flexibility index (Phi) is 4.96. The molecule has 1 heterocycles. The van der Waals surface area contributed by atoms with Gasteiger partial charge >= 0.3 is 0 Å². The van der Waals surface area contributed by atoms with Crippen LogP contribution in [-0.4, -0.2) is 28.5 Å². The Morgan fingerprint density at radius 2 is 1.83 bits per heavy atom. The van der Waals surface area contributed by atoms with E-state index >= 15 is 0 Å². The molecule has 2 amide bonds. The number of fused-ring (bicyclic) bond motifs is 1. The number of hydrogen-bond donors (Lipinski definition) is 2. The first-order valence-electron chi connectivity index (χ1n) is 8.54. The molecule has 1 aliphatic carbocycles. The molecule has 0 atom stereocenters. The zero-order valence-electron chi connectivity index (χ0n) is 13.4. The van der Waals surface area contributed by atoms with Gasteiger partial charge in [0.2, 0.25) is 5.91 Å². The van der Waals surface area contributed by atoms with Crippen molar-refractivity contribution in [3.05, 3.63) is 34.9 Å². The molecule has 5 nitrogen and oxygen atoms in total. The monoisotopic (exact) mass is 316 g/mol. The number of carbonyl (C=O) groups is 2. The predicted molar refractivity (Wildman–Crippen MR) is 86.0 cm³/mol. The van der Waals surface area contributed by atoms with Crippen LogP contribution < -0.4 is 5.48 Å². The Morgan fingerprint density at radius 3 is 2.52 bits per heavy atom. The van der Waals surface area contributed by atoms with Crippen LogP contribution in [0.25, 0.3) is 0 Å². The van der Waals surface area contributed by atoms with Gasteiger partial charge in [-0.05, 0) is 42.5 Å². The smallest absolute Gasteiger partial charge is 0.274 e. The molecule has 0 spiro atoms. The lowest BCUT2D eigenvalue weighted by atomic mass is 9.94. The molecule has 1 aromatic rings. The van der Waals surface area contributed by atoms with E-state index in [2.05, 4.69) is 0 Å². The van der Waals surface area contributed by atoms with Crippen molar-refractivity contribution in [1.82, 2.24) is 10.4 Å². The molecule has 2 aliphatic rings. The largest absolute Gasteiger partial charge is 0.338 e. The van der Waals surface area contributed by atoms with Gasteiger partial charge in [0.1, 0.15) is 0 Å². The fourth-order valence-electron chi connectivity index (χ4n) is 3.73. The van der Waals surface area contributed by atoms with Crippen molar-refractivity contribution in [3.63, 3.8) is 0 Å². The molecule has 0 unspecified atom stereocenters. The van der Waals surface area contributed by atoms with Gasteiger partial charge in [0, 0.05) is 24.6 Å². The fourth-order valence-corrected chi connectivity index (χ4v) is 3.73. The maximum Gasteiger partial charge on any atom is 0.274 e. The van der Waals surface area contributed by atoms with E-state index < -0.39 is 5.91 Å². The summed E-state index contributed by atoms with van der Waals surface area (Å²) in [5, 5.41) is 8.72. The third kappa shape index (κ3) is 3.55. The van der Waals surface area contributed by atoms with E-state index in [1.165, 1.54) is 25.7 Å². The molecule has 5 heteroatoms. The zero-order chi connectivity index (χ0) is 16.2. The van der Waals surface area contributed by atoms with Crippen LogP contribution in [0.3, 0.4) is 0 Å². The lowest BCUT2D eigenvalue weighted by molar-refractivity contribution is -0.136. The highest BCUT2D eigenvalue weighted by Gasteiger charge is 2.28. The highest BCUT2D eigenvalue weighted by atomic mass is 16.5. The molecule has 0 saturated heterocycles. The Bertz CT molecular complexity index is 592. The first-order chi connectivity index (χ1) is 11.2. The van der Waals surface area contributed by atoms with Crippen LogP contribution in [0.5, 0.6) is 0 Å². The second kappa shape index (κ2) is 7.13. The van der Waals surface area contributed by atoms with Crippen molar-refractivity contribution in [2.24, 2.45) is 5.92 Å². The maximum absolute atomic E-state index is 12.8. The summed E-state index contributed by atoms with van der Waals surface area (Å²) in [6, 6.07) is 5.41. The van der Waals surface area contributed by atoms with Gasteiger partial charge in [-0.2, -0.15) is 0 Å². The quantitative estimate of drug-likeness (QED) is 0.501. The van der Waals surface area contributed by atoms with Crippen LogP contribution in [0, 0.1) is 5.92 Å². The highest BCUT2D eigenvalue weighted by molar-refractivity contribution is 5.93. The van der Waals surface area contributed by atoms with E-state index in [0.717, 1.165) is 30.4 Å². The molecular weight excluding hydrogens is 292 g/mol. The third-order valence-corrected chi connectivity index (χ3v) is 5.10. The SMILES string of the molecule is O=C(NO)c1ccc2c(c1)CCN(C(=O)C1CCCCCC1)C2. The molecular formula is C18H24N2O3. The van der Waals surface area contributed by atoms with E-state index in [1.54, 1.807) is 11.5 Å². The number of hydroxylamine groups is 1. The molecule has 23 heavy (non-hydrogen) atoms. The summed E-state index contributed by atoms with van der Waals surface area (Å²) in [5.74, 6) is -0.00187. The molecule has 1 fully saturated rings. The number of rotatable bonds is 2. The van der Waals surface area contributed by atoms with Crippen molar-refractivity contribution < 1.29 is 14.8 Å². The minimum Gasteiger partial charge on any atom is -0.338 e. The Balaban J connectivity index is 1.70. The fraction of sp³-hybridized carbons (Fsp3) is 0.556. The average molecular weight is 316 g/mol. The summed E-state index contributed by atoms with van der Waals surface area (Å²) < 4.78 is 0. The first-order valence-corrected chi connectivity index (χ1v) is 8.54. The van der Waals surface area contributed by atoms with Crippen LogP contribution in [-0.2, 0) is 17.8 Å². The minimum absolute atomic E-state index is 0.193. The van der Waals surface area contributed by atoms with Gasteiger partial charge in [0.15, 0.2) is 0 Å². The molecule has 1 aliphatic heterocycles. The van der Waals surface area contributed by atoms with Crippen LogP contribution >= 0.6 is 0 Å². The van der Waals surface area contributed by atoms with Crippen LogP contribution in [0.4, 0.5) is 0 Å². The second-order valence-electron chi connectivity index (χ2n) is 6.62. The van der Waals surface area contributed by atoms with Gasteiger partial charge < -0.3 is 4.90 Å². The number of hydrogen-bond acceptors (Lipinski definition) is 3. The first kappa shape index (κ1) is 16.0. The third-order valence-electron chi connectivity index (χ3n) is 5.10. The second-order valence-corrected chi connectivity index (χ2v) is 6.62. The Labute approximate surface area is 136 Å². The molecule has 1 aromatic carbocycles. The number of carbonyl (C=O) groups excluding carboxylic acids is 2.